The SMILES string of the molecule is BrCc1noc(C2CCCOC2)n1. The van der Waals surface area contributed by atoms with E-state index in [1.165, 1.54) is 0 Å². The molecule has 1 aliphatic heterocycles. The van der Waals surface area contributed by atoms with Crippen LogP contribution in [0.1, 0.15) is 30.5 Å². The van der Waals surface area contributed by atoms with Gasteiger partial charge in [0.25, 0.3) is 0 Å². The van der Waals surface area contributed by atoms with Crippen molar-refractivity contribution in [2.45, 2.75) is 24.1 Å². The molecule has 1 unspecified atom stereocenters. The lowest BCUT2D eigenvalue weighted by Crippen LogP contribution is -2.15. The Bertz CT molecular complexity index is 271. The highest BCUT2D eigenvalue weighted by Gasteiger charge is 2.21. The molecule has 4 nitrogen and oxygen atoms in total. The Labute approximate surface area is 84.8 Å². The van der Waals surface area contributed by atoms with E-state index in [4.69, 9.17) is 9.26 Å². The van der Waals surface area contributed by atoms with Crippen LogP contribution >= 0.6 is 15.9 Å². The fraction of sp³-hybridized carbons (Fsp3) is 0.750. The molecule has 0 spiro atoms. The maximum absolute atomic E-state index is 5.34. The van der Waals surface area contributed by atoms with Gasteiger partial charge >= 0.3 is 0 Å². The van der Waals surface area contributed by atoms with Crippen molar-refractivity contribution in [1.29, 1.82) is 0 Å². The predicted octanol–water partition coefficient (Wildman–Crippen LogP) is 1.86. The van der Waals surface area contributed by atoms with Crippen LogP contribution in [0.25, 0.3) is 0 Å². The van der Waals surface area contributed by atoms with Gasteiger partial charge in [0, 0.05) is 6.61 Å². The number of rotatable bonds is 2. The number of halogens is 1. The fourth-order valence-corrected chi connectivity index (χ4v) is 1.65. The number of aromatic nitrogens is 2. The highest BCUT2D eigenvalue weighted by molar-refractivity contribution is 9.08. The first kappa shape index (κ1) is 9.15. The van der Waals surface area contributed by atoms with Crippen molar-refractivity contribution in [2.24, 2.45) is 0 Å². The normalized spacial score (nSPS) is 23.3. The van der Waals surface area contributed by atoms with Crippen molar-refractivity contribution in [3.63, 3.8) is 0 Å². The van der Waals surface area contributed by atoms with Gasteiger partial charge in [-0.05, 0) is 12.8 Å². The molecule has 0 amide bonds. The van der Waals surface area contributed by atoms with Gasteiger partial charge in [-0.25, -0.2) is 0 Å². The quantitative estimate of drug-likeness (QED) is 0.748. The van der Waals surface area contributed by atoms with Crippen molar-refractivity contribution in [1.82, 2.24) is 10.1 Å². The summed E-state index contributed by atoms with van der Waals surface area (Å²) in [7, 11) is 0. The molecule has 5 heteroatoms. The maximum atomic E-state index is 5.34. The Morgan fingerprint density at radius 2 is 2.46 bits per heavy atom. The third kappa shape index (κ3) is 2.08. The van der Waals surface area contributed by atoms with Crippen LogP contribution in [0.4, 0.5) is 0 Å². The molecule has 2 rings (SSSR count). The Morgan fingerprint density at radius 1 is 1.54 bits per heavy atom. The largest absolute Gasteiger partial charge is 0.381 e. The predicted molar refractivity (Wildman–Crippen MR) is 49.7 cm³/mol. The molecule has 72 valence electrons. The monoisotopic (exact) mass is 246 g/mol. The summed E-state index contributed by atoms with van der Waals surface area (Å²) in [4.78, 5) is 4.25. The molecule has 1 aromatic rings. The molecule has 1 atom stereocenters. The Kier molecular flexibility index (Phi) is 2.95. The minimum atomic E-state index is 0.300. The van der Waals surface area contributed by atoms with E-state index < -0.39 is 0 Å². The molecule has 0 aromatic carbocycles. The standard InChI is InChI=1S/C8H11BrN2O2/c9-4-7-10-8(13-11-7)6-2-1-3-12-5-6/h6H,1-5H2. The molecular formula is C8H11BrN2O2. The topological polar surface area (TPSA) is 48.2 Å². The molecule has 1 fully saturated rings. The highest BCUT2D eigenvalue weighted by atomic mass is 79.9. The van der Waals surface area contributed by atoms with Gasteiger partial charge in [-0.3, -0.25) is 0 Å². The van der Waals surface area contributed by atoms with Gasteiger partial charge < -0.3 is 9.26 Å². The molecule has 1 aliphatic rings. The summed E-state index contributed by atoms with van der Waals surface area (Å²) in [5.74, 6) is 1.73. The molecule has 2 heterocycles. The Balaban J connectivity index is 2.05. The van der Waals surface area contributed by atoms with E-state index in [-0.39, 0.29) is 0 Å². The van der Waals surface area contributed by atoms with E-state index in [1.54, 1.807) is 0 Å². The van der Waals surface area contributed by atoms with Crippen molar-refractivity contribution in [2.75, 3.05) is 13.2 Å². The molecular weight excluding hydrogens is 236 g/mol. The molecule has 0 radical (unpaired) electrons. The molecule has 0 N–H and O–H groups in total. The third-order valence-electron chi connectivity index (χ3n) is 2.11. The number of ether oxygens (including phenoxy) is 1. The Hall–Kier alpha value is -0.420. The summed E-state index contributed by atoms with van der Waals surface area (Å²) < 4.78 is 10.5. The first-order valence-corrected chi connectivity index (χ1v) is 5.48. The third-order valence-corrected chi connectivity index (χ3v) is 2.61. The summed E-state index contributed by atoms with van der Waals surface area (Å²) in [6.07, 6.45) is 2.17. The van der Waals surface area contributed by atoms with Gasteiger partial charge in [-0.1, -0.05) is 21.1 Å². The van der Waals surface area contributed by atoms with Crippen LogP contribution in [0, 0.1) is 0 Å². The number of nitrogens with zero attached hydrogens (tertiary/aromatic N) is 2. The van der Waals surface area contributed by atoms with E-state index in [0.29, 0.717) is 29.6 Å². The zero-order chi connectivity index (χ0) is 9.10. The zero-order valence-electron chi connectivity index (χ0n) is 7.20. The van der Waals surface area contributed by atoms with Crippen molar-refractivity contribution >= 4 is 15.9 Å². The van der Waals surface area contributed by atoms with Gasteiger partial charge in [0.1, 0.15) is 0 Å². The fourth-order valence-electron chi connectivity index (χ4n) is 1.42. The number of alkyl halides is 1. The van der Waals surface area contributed by atoms with E-state index in [2.05, 4.69) is 26.1 Å². The van der Waals surface area contributed by atoms with Gasteiger partial charge in [0.15, 0.2) is 5.82 Å². The number of hydrogen-bond acceptors (Lipinski definition) is 4. The summed E-state index contributed by atoms with van der Waals surface area (Å²) in [5, 5.41) is 4.46. The van der Waals surface area contributed by atoms with E-state index in [0.717, 1.165) is 19.4 Å². The summed E-state index contributed by atoms with van der Waals surface area (Å²) in [6, 6.07) is 0. The lowest BCUT2D eigenvalue weighted by molar-refractivity contribution is 0.0705. The average Bonchev–Trinajstić information content (AvgIpc) is 2.67. The first-order valence-electron chi connectivity index (χ1n) is 4.36. The average molecular weight is 247 g/mol. The molecule has 0 aliphatic carbocycles. The van der Waals surface area contributed by atoms with E-state index in [1.807, 2.05) is 0 Å². The minimum absolute atomic E-state index is 0.300. The van der Waals surface area contributed by atoms with Crippen LogP contribution in [-0.2, 0) is 10.1 Å². The van der Waals surface area contributed by atoms with Crippen molar-refractivity contribution in [3.05, 3.63) is 11.7 Å². The lowest BCUT2D eigenvalue weighted by atomic mass is 10.0. The van der Waals surface area contributed by atoms with Crippen LogP contribution in [0.15, 0.2) is 4.52 Å². The van der Waals surface area contributed by atoms with Gasteiger partial charge in [0.05, 0.1) is 17.9 Å². The van der Waals surface area contributed by atoms with Crippen LogP contribution < -0.4 is 0 Å². The van der Waals surface area contributed by atoms with Gasteiger partial charge in [-0.15, -0.1) is 0 Å². The maximum Gasteiger partial charge on any atom is 0.232 e. The first-order chi connectivity index (χ1) is 6.40. The summed E-state index contributed by atoms with van der Waals surface area (Å²) in [6.45, 7) is 1.57. The second-order valence-corrected chi connectivity index (χ2v) is 3.66. The van der Waals surface area contributed by atoms with Gasteiger partial charge in [0.2, 0.25) is 5.89 Å². The lowest BCUT2D eigenvalue weighted by Gasteiger charge is -2.17. The molecule has 1 aromatic heterocycles. The van der Waals surface area contributed by atoms with Gasteiger partial charge in [-0.2, -0.15) is 4.98 Å². The van der Waals surface area contributed by atoms with Crippen molar-refractivity contribution in [3.8, 4) is 0 Å². The van der Waals surface area contributed by atoms with E-state index >= 15 is 0 Å². The summed E-state index contributed by atoms with van der Waals surface area (Å²) in [5.41, 5.74) is 0. The molecule has 1 saturated heterocycles. The minimum Gasteiger partial charge on any atom is -0.381 e. The highest BCUT2D eigenvalue weighted by Crippen LogP contribution is 2.23. The van der Waals surface area contributed by atoms with Crippen LogP contribution in [0.3, 0.4) is 0 Å². The molecule has 13 heavy (non-hydrogen) atoms. The van der Waals surface area contributed by atoms with Crippen LogP contribution in [-0.4, -0.2) is 23.4 Å². The second kappa shape index (κ2) is 4.19. The second-order valence-electron chi connectivity index (χ2n) is 3.10. The zero-order valence-corrected chi connectivity index (χ0v) is 8.79. The van der Waals surface area contributed by atoms with Crippen LogP contribution in [0.2, 0.25) is 0 Å². The summed E-state index contributed by atoms with van der Waals surface area (Å²) >= 11 is 3.28. The Morgan fingerprint density at radius 3 is 3.08 bits per heavy atom. The van der Waals surface area contributed by atoms with Crippen LogP contribution in [0.5, 0.6) is 0 Å². The number of hydrogen-bond donors (Lipinski definition) is 0. The van der Waals surface area contributed by atoms with Crippen molar-refractivity contribution < 1.29 is 9.26 Å². The van der Waals surface area contributed by atoms with E-state index in [9.17, 15) is 0 Å². The smallest absolute Gasteiger partial charge is 0.232 e. The molecule has 0 saturated carbocycles. The molecule has 0 bridgehead atoms.